The van der Waals surface area contributed by atoms with Crippen molar-refractivity contribution in [1.29, 1.82) is 0 Å². The van der Waals surface area contributed by atoms with Gasteiger partial charge in [-0.1, -0.05) is 81.4 Å². The first-order valence-electron chi connectivity index (χ1n) is 11.8. The SMILES string of the molecule is CC(C)(C)[Si](OCC1OC(n2cnc3c(N)ncnc32)CC1O)(c1ccccc1)c1ccccc1. The Morgan fingerprint density at radius 3 is 2.26 bits per heavy atom. The zero-order valence-electron chi connectivity index (χ0n) is 20.2. The van der Waals surface area contributed by atoms with Gasteiger partial charge in [0.25, 0.3) is 8.32 Å². The van der Waals surface area contributed by atoms with E-state index in [9.17, 15) is 5.11 Å². The summed E-state index contributed by atoms with van der Waals surface area (Å²) in [5.41, 5.74) is 7.05. The fraction of sp³-hybridized carbons (Fsp3) is 0.346. The van der Waals surface area contributed by atoms with Gasteiger partial charge in [-0.15, -0.1) is 0 Å². The van der Waals surface area contributed by atoms with Crippen LogP contribution in [0.5, 0.6) is 0 Å². The Morgan fingerprint density at radius 2 is 1.66 bits per heavy atom. The first-order chi connectivity index (χ1) is 16.8. The van der Waals surface area contributed by atoms with E-state index in [1.165, 1.54) is 16.7 Å². The number of hydrogen-bond acceptors (Lipinski definition) is 7. The summed E-state index contributed by atoms with van der Waals surface area (Å²) in [5.74, 6) is 0.318. The monoisotopic (exact) mass is 489 g/mol. The van der Waals surface area contributed by atoms with E-state index in [0.29, 0.717) is 23.4 Å². The predicted octanol–water partition coefficient (Wildman–Crippen LogP) is 2.63. The standard InChI is InChI=1S/C26H31N5O3Si/c1-26(2,3)35(18-10-6-4-7-11-18,19-12-8-5-9-13-19)33-15-21-20(32)14-22(34-21)31-17-30-23-24(27)28-16-29-25(23)31/h4-13,16-17,20-22,32H,14-15H2,1-3H3,(H2,27,28,29). The lowest BCUT2D eigenvalue weighted by Gasteiger charge is -2.43. The number of aromatic nitrogens is 4. The van der Waals surface area contributed by atoms with Crippen LogP contribution in [-0.2, 0) is 9.16 Å². The summed E-state index contributed by atoms with van der Waals surface area (Å²) < 4.78 is 15.1. The number of nitrogen functional groups attached to an aromatic ring is 1. The minimum absolute atomic E-state index is 0.159. The summed E-state index contributed by atoms with van der Waals surface area (Å²) in [6.07, 6.45) is 1.86. The molecule has 0 aliphatic carbocycles. The zero-order valence-corrected chi connectivity index (χ0v) is 21.2. The van der Waals surface area contributed by atoms with E-state index < -0.39 is 26.8 Å². The van der Waals surface area contributed by atoms with E-state index in [1.807, 2.05) is 12.1 Å². The lowest BCUT2D eigenvalue weighted by atomic mass is 10.2. The lowest BCUT2D eigenvalue weighted by Crippen LogP contribution is -2.67. The van der Waals surface area contributed by atoms with Gasteiger partial charge < -0.3 is 20.0 Å². The van der Waals surface area contributed by atoms with Crippen molar-refractivity contribution in [2.45, 2.75) is 50.7 Å². The first kappa shape index (κ1) is 23.6. The summed E-state index contributed by atoms with van der Waals surface area (Å²) in [7, 11) is -2.73. The molecule has 4 aromatic rings. The Bertz CT molecular complexity index is 1250. The highest BCUT2D eigenvalue weighted by molar-refractivity contribution is 6.99. The summed E-state index contributed by atoms with van der Waals surface area (Å²) in [5, 5.41) is 13.2. The predicted molar refractivity (Wildman–Crippen MR) is 138 cm³/mol. The van der Waals surface area contributed by atoms with Crippen LogP contribution in [0, 0.1) is 0 Å². The van der Waals surface area contributed by atoms with Crippen LogP contribution >= 0.6 is 0 Å². The van der Waals surface area contributed by atoms with Crippen molar-refractivity contribution in [1.82, 2.24) is 19.5 Å². The minimum atomic E-state index is -2.73. The highest BCUT2D eigenvalue weighted by Gasteiger charge is 2.51. The molecule has 0 radical (unpaired) electrons. The number of nitrogens with two attached hydrogens (primary N) is 1. The van der Waals surface area contributed by atoms with Crippen molar-refractivity contribution in [2.24, 2.45) is 0 Å². The second kappa shape index (κ2) is 9.16. The van der Waals surface area contributed by atoms with Gasteiger partial charge in [0, 0.05) is 6.42 Å². The molecule has 0 amide bonds. The lowest BCUT2D eigenvalue weighted by molar-refractivity contribution is -0.0398. The maximum Gasteiger partial charge on any atom is 0.261 e. The Morgan fingerprint density at radius 1 is 1.03 bits per heavy atom. The summed E-state index contributed by atoms with van der Waals surface area (Å²) in [6, 6.07) is 20.9. The molecular weight excluding hydrogens is 458 g/mol. The third kappa shape index (κ3) is 4.14. The van der Waals surface area contributed by atoms with E-state index in [1.54, 1.807) is 10.9 Å². The van der Waals surface area contributed by atoms with Crippen LogP contribution in [0.3, 0.4) is 0 Å². The van der Waals surface area contributed by atoms with Gasteiger partial charge in [-0.3, -0.25) is 4.57 Å². The second-order valence-electron chi connectivity index (χ2n) is 9.99. The zero-order chi connectivity index (χ0) is 24.6. The van der Waals surface area contributed by atoms with Crippen LogP contribution < -0.4 is 16.1 Å². The molecule has 1 aliphatic heterocycles. The molecule has 1 aliphatic rings. The molecule has 182 valence electrons. The molecule has 2 aromatic heterocycles. The van der Waals surface area contributed by atoms with Crippen LogP contribution in [0.25, 0.3) is 11.2 Å². The third-order valence-corrected chi connectivity index (χ3v) is 11.8. The number of ether oxygens (including phenoxy) is 1. The number of anilines is 1. The van der Waals surface area contributed by atoms with Gasteiger partial charge >= 0.3 is 0 Å². The van der Waals surface area contributed by atoms with E-state index in [0.717, 1.165) is 0 Å². The molecule has 0 saturated carbocycles. The van der Waals surface area contributed by atoms with Crippen molar-refractivity contribution < 1.29 is 14.3 Å². The fourth-order valence-electron chi connectivity index (χ4n) is 5.09. The van der Waals surface area contributed by atoms with E-state index in [-0.39, 0.29) is 11.6 Å². The first-order valence-corrected chi connectivity index (χ1v) is 13.7. The smallest absolute Gasteiger partial charge is 0.261 e. The topological polar surface area (TPSA) is 108 Å². The van der Waals surface area contributed by atoms with E-state index in [2.05, 4.69) is 84.3 Å². The molecule has 5 rings (SSSR count). The Labute approximate surface area is 205 Å². The largest absolute Gasteiger partial charge is 0.405 e. The van der Waals surface area contributed by atoms with Crippen LogP contribution in [0.15, 0.2) is 73.3 Å². The fourth-order valence-corrected chi connectivity index (χ4v) is 9.66. The highest BCUT2D eigenvalue weighted by atomic mass is 28.4. The molecule has 8 nitrogen and oxygen atoms in total. The molecule has 0 spiro atoms. The number of benzene rings is 2. The van der Waals surface area contributed by atoms with Crippen LogP contribution in [-0.4, -0.2) is 51.8 Å². The second-order valence-corrected chi connectivity index (χ2v) is 14.3. The minimum Gasteiger partial charge on any atom is -0.405 e. The molecule has 2 aromatic carbocycles. The van der Waals surface area contributed by atoms with Gasteiger partial charge in [0.15, 0.2) is 11.5 Å². The molecule has 1 fully saturated rings. The summed E-state index contributed by atoms with van der Waals surface area (Å²) in [4.78, 5) is 12.7. The van der Waals surface area contributed by atoms with Crippen molar-refractivity contribution in [3.8, 4) is 0 Å². The van der Waals surface area contributed by atoms with Crippen molar-refractivity contribution in [3.63, 3.8) is 0 Å². The van der Waals surface area contributed by atoms with Gasteiger partial charge in [0.2, 0.25) is 0 Å². The molecule has 3 unspecified atom stereocenters. The molecule has 3 heterocycles. The van der Waals surface area contributed by atoms with Crippen molar-refractivity contribution in [2.75, 3.05) is 12.3 Å². The van der Waals surface area contributed by atoms with Crippen LogP contribution in [0.1, 0.15) is 33.4 Å². The quantitative estimate of drug-likeness (QED) is 0.401. The molecule has 3 N–H and O–H groups in total. The van der Waals surface area contributed by atoms with Gasteiger partial charge in [-0.2, -0.15) is 0 Å². The molecule has 9 heteroatoms. The average molecular weight is 490 g/mol. The normalized spacial score (nSPS) is 21.0. The Hall–Kier alpha value is -3.11. The Kier molecular flexibility index (Phi) is 6.18. The summed E-state index contributed by atoms with van der Waals surface area (Å²) >= 11 is 0. The van der Waals surface area contributed by atoms with E-state index >= 15 is 0 Å². The molecule has 35 heavy (non-hydrogen) atoms. The maximum absolute atomic E-state index is 10.9. The van der Waals surface area contributed by atoms with Crippen LogP contribution in [0.2, 0.25) is 5.04 Å². The number of aliphatic hydroxyl groups is 1. The van der Waals surface area contributed by atoms with Crippen molar-refractivity contribution in [3.05, 3.63) is 73.3 Å². The maximum atomic E-state index is 10.9. The van der Waals surface area contributed by atoms with Gasteiger partial charge in [-0.05, 0) is 15.4 Å². The van der Waals surface area contributed by atoms with E-state index in [4.69, 9.17) is 14.9 Å². The molecule has 1 saturated heterocycles. The number of hydrogen-bond donors (Lipinski definition) is 2. The van der Waals surface area contributed by atoms with Crippen LogP contribution in [0.4, 0.5) is 5.82 Å². The Balaban J connectivity index is 1.45. The molecule has 3 atom stereocenters. The number of aliphatic hydroxyl groups excluding tert-OH is 1. The number of fused-ring (bicyclic) bond motifs is 1. The van der Waals surface area contributed by atoms with Gasteiger partial charge in [-0.25, -0.2) is 15.0 Å². The van der Waals surface area contributed by atoms with Crippen molar-refractivity contribution >= 4 is 35.7 Å². The highest BCUT2D eigenvalue weighted by Crippen LogP contribution is 2.38. The average Bonchev–Trinajstić information content (AvgIpc) is 3.44. The third-order valence-electron chi connectivity index (χ3n) is 6.78. The van der Waals surface area contributed by atoms with Gasteiger partial charge in [0.05, 0.1) is 19.0 Å². The number of nitrogens with zero attached hydrogens (tertiary/aromatic N) is 4. The number of rotatable bonds is 6. The molecular formula is C26H31N5O3Si. The summed E-state index contributed by atoms with van der Waals surface area (Å²) in [6.45, 7) is 6.97. The molecule has 0 bridgehead atoms. The van der Waals surface area contributed by atoms with Gasteiger partial charge in [0.1, 0.15) is 24.2 Å². The number of imidazole rings is 1.